The van der Waals surface area contributed by atoms with Crippen LogP contribution in [0, 0.1) is 0 Å². The normalized spacial score (nSPS) is 10.8. The lowest BCUT2D eigenvalue weighted by Gasteiger charge is -1.98. The molecule has 0 aliphatic rings. The third-order valence-electron chi connectivity index (χ3n) is 13.7. The molecular formula is C84H72O18. The SMILES string of the molecule is Oc1ccc(/C=C/c2cc(O)cc(O)c2)cc1.Oc1ccc(/C=C/c2cc(O)cc(O)c2)cc1.Oc1ccc(/C=C/c2cc(O)cc(O)c2)cc1.Oc1ccc(/C=C/c2cc(O)cc(O)c2)cc1.Oc1ccc(/C=C/c2cc(O)cc(O)c2)cc1.Oc1ccc(/C=C/c2cc(O)cc(O)c2)cc1. The lowest BCUT2D eigenvalue weighted by molar-refractivity contribution is 0.449. The summed E-state index contributed by atoms with van der Waals surface area (Å²) in [5, 5.41) is 166. The second-order valence-electron chi connectivity index (χ2n) is 22.2. The zero-order valence-corrected chi connectivity index (χ0v) is 54.2. The summed E-state index contributed by atoms with van der Waals surface area (Å²) in [5.41, 5.74) is 9.76. The first-order valence-corrected chi connectivity index (χ1v) is 30.8. The lowest BCUT2D eigenvalue weighted by atomic mass is 10.1. The van der Waals surface area contributed by atoms with Gasteiger partial charge in [-0.2, -0.15) is 0 Å². The van der Waals surface area contributed by atoms with Gasteiger partial charge >= 0.3 is 0 Å². The first kappa shape index (κ1) is 74.9. The van der Waals surface area contributed by atoms with E-state index in [1.807, 2.05) is 36.5 Å². The van der Waals surface area contributed by atoms with Crippen LogP contribution < -0.4 is 0 Å². The van der Waals surface area contributed by atoms with Crippen molar-refractivity contribution in [3.63, 3.8) is 0 Å². The van der Waals surface area contributed by atoms with Crippen LogP contribution in [0.25, 0.3) is 72.9 Å². The number of hydrogen-bond acceptors (Lipinski definition) is 18. The summed E-state index contributed by atoms with van der Waals surface area (Å²) >= 11 is 0. The Labute approximate surface area is 587 Å². The van der Waals surface area contributed by atoms with Gasteiger partial charge in [-0.25, -0.2) is 0 Å². The number of aromatic hydroxyl groups is 18. The molecule has 0 atom stereocenters. The van der Waals surface area contributed by atoms with Crippen LogP contribution in [0.1, 0.15) is 66.8 Å². The second kappa shape index (κ2) is 37.7. The molecule has 18 N–H and O–H groups in total. The van der Waals surface area contributed by atoms with E-state index in [4.69, 9.17) is 30.6 Å². The second-order valence-corrected chi connectivity index (χ2v) is 22.2. The van der Waals surface area contributed by atoms with Crippen molar-refractivity contribution in [2.45, 2.75) is 0 Å². The van der Waals surface area contributed by atoms with E-state index in [2.05, 4.69) is 0 Å². The number of phenols is 18. The molecule has 18 heteroatoms. The van der Waals surface area contributed by atoms with Crippen molar-refractivity contribution in [3.05, 3.63) is 322 Å². The number of rotatable bonds is 12. The van der Waals surface area contributed by atoms with Crippen molar-refractivity contribution in [1.82, 2.24) is 0 Å². The van der Waals surface area contributed by atoms with Crippen molar-refractivity contribution in [3.8, 4) is 103 Å². The summed E-state index contributed by atoms with van der Waals surface area (Å²) in [6, 6.07) is 66.7. The van der Waals surface area contributed by atoms with Crippen LogP contribution in [0.2, 0.25) is 0 Å². The van der Waals surface area contributed by atoms with Crippen LogP contribution in [0.4, 0.5) is 0 Å². The Morgan fingerprint density at radius 2 is 0.186 bits per heavy atom. The van der Waals surface area contributed by atoms with Gasteiger partial charge in [-0.3, -0.25) is 0 Å². The van der Waals surface area contributed by atoms with E-state index in [0.29, 0.717) is 33.4 Å². The first-order chi connectivity index (χ1) is 48.8. The topological polar surface area (TPSA) is 364 Å². The molecule has 0 fully saturated rings. The molecule has 0 aromatic heterocycles. The number of benzene rings is 12. The minimum atomic E-state index is 0.0235. The van der Waals surface area contributed by atoms with Gasteiger partial charge in [0.1, 0.15) is 103 Å². The molecule has 12 rings (SSSR count). The van der Waals surface area contributed by atoms with Gasteiger partial charge in [-0.15, -0.1) is 0 Å². The van der Waals surface area contributed by atoms with E-state index < -0.39 is 0 Å². The molecule has 516 valence electrons. The molecule has 18 nitrogen and oxygen atoms in total. The zero-order valence-electron chi connectivity index (χ0n) is 54.2. The summed E-state index contributed by atoms with van der Waals surface area (Å²) in [4.78, 5) is 0. The molecule has 0 amide bonds. The Morgan fingerprint density at radius 3 is 0.284 bits per heavy atom. The first-order valence-electron chi connectivity index (χ1n) is 30.8. The average Bonchev–Trinajstić information content (AvgIpc) is 0.944. The Bertz CT molecular complexity index is 3930. The molecule has 0 unspecified atom stereocenters. The maximum Gasteiger partial charge on any atom is 0.119 e. The highest BCUT2D eigenvalue weighted by Crippen LogP contribution is 2.29. The molecule has 0 saturated heterocycles. The van der Waals surface area contributed by atoms with Crippen molar-refractivity contribution < 1.29 is 91.9 Å². The molecule has 102 heavy (non-hydrogen) atoms. The fraction of sp³-hybridized carbons (Fsp3) is 0. The van der Waals surface area contributed by atoms with E-state index in [-0.39, 0.29) is 103 Å². The van der Waals surface area contributed by atoms with Gasteiger partial charge in [-0.1, -0.05) is 146 Å². The number of hydrogen-bond donors (Lipinski definition) is 18. The molecule has 0 aliphatic carbocycles. The lowest BCUT2D eigenvalue weighted by Crippen LogP contribution is -1.74. The summed E-state index contributed by atoms with van der Waals surface area (Å²) in [6.07, 6.45) is 21.6. The monoisotopic (exact) mass is 1370 g/mol. The van der Waals surface area contributed by atoms with Gasteiger partial charge in [0.25, 0.3) is 0 Å². The predicted octanol–water partition coefficient (Wildman–Crippen LogP) is 17.8. The minimum absolute atomic E-state index is 0.0235. The van der Waals surface area contributed by atoms with Crippen LogP contribution in [-0.2, 0) is 0 Å². The molecule has 0 bridgehead atoms. The molecular weight excluding hydrogens is 1300 g/mol. The van der Waals surface area contributed by atoms with Crippen LogP contribution in [0.5, 0.6) is 103 Å². The zero-order chi connectivity index (χ0) is 73.5. The minimum Gasteiger partial charge on any atom is -0.508 e. The highest BCUT2D eigenvalue weighted by molar-refractivity contribution is 5.76. The third-order valence-corrected chi connectivity index (χ3v) is 13.7. The average molecular weight is 1370 g/mol. The Kier molecular flexibility index (Phi) is 27.7. The van der Waals surface area contributed by atoms with Gasteiger partial charge < -0.3 is 91.9 Å². The summed E-state index contributed by atoms with van der Waals surface area (Å²) in [7, 11) is 0. The quantitative estimate of drug-likeness (QED) is 0.0505. The van der Waals surface area contributed by atoms with E-state index in [1.54, 1.807) is 255 Å². The van der Waals surface area contributed by atoms with Crippen LogP contribution in [-0.4, -0.2) is 91.9 Å². The van der Waals surface area contributed by atoms with Crippen molar-refractivity contribution in [2.24, 2.45) is 0 Å². The fourth-order valence-electron chi connectivity index (χ4n) is 8.95. The van der Waals surface area contributed by atoms with Crippen molar-refractivity contribution >= 4 is 72.9 Å². The Morgan fingerprint density at radius 1 is 0.0980 bits per heavy atom. The van der Waals surface area contributed by atoms with E-state index in [0.717, 1.165) is 33.4 Å². The van der Waals surface area contributed by atoms with Gasteiger partial charge in [-0.05, 0) is 212 Å². The Balaban J connectivity index is 0.000000172. The molecule has 0 radical (unpaired) electrons. The van der Waals surface area contributed by atoms with E-state index >= 15 is 0 Å². The summed E-state index contributed by atoms with van der Waals surface area (Å²) in [6.45, 7) is 0. The molecule has 12 aromatic rings. The third kappa shape index (κ3) is 28.0. The molecule has 0 heterocycles. The van der Waals surface area contributed by atoms with Gasteiger partial charge in [0, 0.05) is 36.4 Å². The van der Waals surface area contributed by atoms with Gasteiger partial charge in [0.2, 0.25) is 0 Å². The largest absolute Gasteiger partial charge is 0.508 e. The molecule has 12 aromatic carbocycles. The van der Waals surface area contributed by atoms with Crippen LogP contribution in [0.15, 0.2) is 255 Å². The standard InChI is InChI=1S/6C14H12O3/c6*15-12-5-3-10(4-6-12)1-2-11-7-13(16)9-14(17)8-11/h6*1-9,15-17H/b6*2-1+. The molecule has 0 aliphatic heterocycles. The molecule has 0 saturated carbocycles. The predicted molar refractivity (Wildman–Crippen MR) is 401 cm³/mol. The van der Waals surface area contributed by atoms with Gasteiger partial charge in [0.05, 0.1) is 0 Å². The fourth-order valence-corrected chi connectivity index (χ4v) is 8.95. The van der Waals surface area contributed by atoms with Crippen LogP contribution >= 0.6 is 0 Å². The highest BCUT2D eigenvalue weighted by Gasteiger charge is 2.03. The highest BCUT2D eigenvalue weighted by atomic mass is 16.3. The summed E-state index contributed by atoms with van der Waals surface area (Å²) in [5.74, 6) is 1.60. The maximum absolute atomic E-state index is 9.30. The van der Waals surface area contributed by atoms with Crippen molar-refractivity contribution in [1.29, 1.82) is 0 Å². The molecule has 0 spiro atoms. The summed E-state index contributed by atoms with van der Waals surface area (Å²) < 4.78 is 0. The van der Waals surface area contributed by atoms with Crippen LogP contribution in [0.3, 0.4) is 0 Å². The number of phenolic OH excluding ortho intramolecular Hbond substituents is 18. The van der Waals surface area contributed by atoms with E-state index in [9.17, 15) is 61.3 Å². The van der Waals surface area contributed by atoms with E-state index in [1.165, 1.54) is 36.4 Å². The van der Waals surface area contributed by atoms with Crippen molar-refractivity contribution in [2.75, 3.05) is 0 Å². The maximum atomic E-state index is 9.30. The Hall–Kier alpha value is -14.5. The smallest absolute Gasteiger partial charge is 0.119 e. The van der Waals surface area contributed by atoms with Gasteiger partial charge in [0.15, 0.2) is 0 Å².